The van der Waals surface area contributed by atoms with E-state index in [1.54, 1.807) is 20.6 Å². The second-order valence-electron chi connectivity index (χ2n) is 14.0. The van der Waals surface area contributed by atoms with Crippen LogP contribution in [0.2, 0.25) is 5.02 Å². The molecule has 3 aliphatic rings. The molecule has 0 unspecified atom stereocenters. The molecule has 7 rings (SSSR count). The zero-order valence-corrected chi connectivity index (χ0v) is 28.9. The van der Waals surface area contributed by atoms with Crippen LogP contribution in [0.25, 0.3) is 21.9 Å². The van der Waals surface area contributed by atoms with Crippen LogP contribution in [0.4, 0.5) is 23.7 Å². The molecular weight excluding hydrogens is 685 g/mol. The van der Waals surface area contributed by atoms with Crippen LogP contribution in [0, 0.1) is 11.8 Å². The van der Waals surface area contributed by atoms with Crippen LogP contribution >= 0.6 is 11.6 Å². The Balaban J connectivity index is 1.07. The van der Waals surface area contributed by atoms with Gasteiger partial charge in [0.05, 0.1) is 39.0 Å². The van der Waals surface area contributed by atoms with Crippen molar-refractivity contribution in [3.63, 3.8) is 0 Å². The van der Waals surface area contributed by atoms with Crippen LogP contribution in [-0.4, -0.2) is 81.6 Å². The molecule has 51 heavy (non-hydrogen) atoms. The Kier molecular flexibility index (Phi) is 9.90. The molecule has 0 radical (unpaired) electrons. The van der Waals surface area contributed by atoms with Gasteiger partial charge in [-0.3, -0.25) is 14.3 Å². The monoisotopic (exact) mass is 726 g/mol. The highest BCUT2D eigenvalue weighted by Crippen LogP contribution is 2.38. The fourth-order valence-electron chi connectivity index (χ4n) is 8.24. The molecule has 3 saturated heterocycles. The van der Waals surface area contributed by atoms with Crippen LogP contribution in [0.5, 0.6) is 0 Å². The van der Waals surface area contributed by atoms with Crippen molar-refractivity contribution in [2.45, 2.75) is 63.2 Å². The maximum absolute atomic E-state index is 14.1. The van der Waals surface area contributed by atoms with Crippen molar-refractivity contribution in [1.82, 2.24) is 35.0 Å². The lowest BCUT2D eigenvalue weighted by Crippen LogP contribution is -2.55. The number of urea groups is 1. The summed E-state index contributed by atoms with van der Waals surface area (Å²) < 4.78 is 43.2. The van der Waals surface area contributed by atoms with Gasteiger partial charge in [-0.25, -0.2) is 9.59 Å². The average Bonchev–Trinajstić information content (AvgIpc) is 3.48. The molecular formula is C36H42ClF3N8O3. The van der Waals surface area contributed by atoms with Crippen LogP contribution < -0.4 is 22.1 Å². The predicted molar refractivity (Wildman–Crippen MR) is 189 cm³/mol. The normalized spacial score (nSPS) is 19.1. The fraction of sp³-hybridized carbons (Fsp3) is 0.500. The summed E-state index contributed by atoms with van der Waals surface area (Å²) >= 11 is 6.14. The number of hydrogen-bond acceptors (Lipinski definition) is 6. The van der Waals surface area contributed by atoms with E-state index in [0.717, 1.165) is 55.7 Å². The Hall–Kier alpha value is -4.30. The number of aromatic amines is 1. The van der Waals surface area contributed by atoms with Gasteiger partial charge in [0.2, 0.25) is 5.91 Å². The highest BCUT2D eigenvalue weighted by atomic mass is 35.5. The zero-order valence-electron chi connectivity index (χ0n) is 28.1. The number of rotatable bonds is 6. The lowest BCUT2D eigenvalue weighted by Gasteiger charge is -2.39. The molecule has 3 aliphatic heterocycles. The van der Waals surface area contributed by atoms with Gasteiger partial charge in [0.1, 0.15) is 6.04 Å². The molecule has 0 spiro atoms. The third-order valence-electron chi connectivity index (χ3n) is 11.0. The van der Waals surface area contributed by atoms with Crippen LogP contribution in [0.15, 0.2) is 47.4 Å². The molecule has 5 N–H and O–H groups in total. The summed E-state index contributed by atoms with van der Waals surface area (Å²) in [6.07, 6.45) is 1.62. The number of H-pyrrole nitrogens is 1. The number of alkyl halides is 3. The number of nitrogens with one attached hydrogen (secondary N) is 3. The van der Waals surface area contributed by atoms with Crippen molar-refractivity contribution in [3.05, 3.63) is 69.2 Å². The van der Waals surface area contributed by atoms with E-state index in [2.05, 4.69) is 20.6 Å². The van der Waals surface area contributed by atoms with Crippen molar-refractivity contribution < 1.29 is 22.8 Å². The minimum absolute atomic E-state index is 0.142. The first-order chi connectivity index (χ1) is 24.5. The molecule has 4 aromatic rings. The Bertz CT molecular complexity index is 1980. The summed E-state index contributed by atoms with van der Waals surface area (Å²) in [6, 6.07) is 8.00. The predicted octanol–water partition coefficient (Wildman–Crippen LogP) is 5.33. The lowest BCUT2D eigenvalue weighted by atomic mass is 9.79. The van der Waals surface area contributed by atoms with Gasteiger partial charge in [-0.1, -0.05) is 29.8 Å². The Morgan fingerprint density at radius 1 is 0.980 bits per heavy atom. The van der Waals surface area contributed by atoms with E-state index in [0.29, 0.717) is 61.9 Å². The first-order valence-electron chi connectivity index (χ1n) is 17.7. The van der Waals surface area contributed by atoms with E-state index < -0.39 is 29.5 Å². The van der Waals surface area contributed by atoms with E-state index in [-0.39, 0.29) is 34.6 Å². The number of carbonyl (C=O) groups excluding carboxylic acids is 2. The first kappa shape index (κ1) is 35.1. The third-order valence-corrected chi connectivity index (χ3v) is 11.3. The quantitative estimate of drug-likeness (QED) is 0.198. The minimum atomic E-state index is -4.75. The molecule has 0 saturated carbocycles. The number of hydrogen-bond donors (Lipinski definition) is 4. The van der Waals surface area contributed by atoms with Crippen LogP contribution in [0.1, 0.15) is 55.7 Å². The number of pyridine rings is 1. The number of imidazole rings is 1. The Morgan fingerprint density at radius 2 is 1.65 bits per heavy atom. The van der Waals surface area contributed by atoms with Crippen molar-refractivity contribution in [2.24, 2.45) is 11.8 Å². The molecule has 3 fully saturated rings. The second-order valence-corrected chi connectivity index (χ2v) is 14.5. The number of halogens is 4. The minimum Gasteiger partial charge on any atom is -0.397 e. The summed E-state index contributed by atoms with van der Waals surface area (Å²) in [5.41, 5.74) is 6.08. The van der Waals surface area contributed by atoms with E-state index in [1.807, 2.05) is 24.3 Å². The largest absolute Gasteiger partial charge is 0.418 e. The number of nitrogen functional groups attached to an aromatic ring is 1. The van der Waals surface area contributed by atoms with Gasteiger partial charge in [-0.2, -0.15) is 13.2 Å². The van der Waals surface area contributed by atoms with Gasteiger partial charge < -0.3 is 31.2 Å². The molecule has 2 aromatic carbocycles. The number of nitrogens with two attached hydrogens (primary N) is 1. The zero-order chi connectivity index (χ0) is 35.9. The number of para-hydroxylation sites is 1. The summed E-state index contributed by atoms with van der Waals surface area (Å²) in [4.78, 5) is 51.7. The maximum atomic E-state index is 14.1. The summed E-state index contributed by atoms with van der Waals surface area (Å²) in [5, 5.41) is 6.83. The molecule has 11 nitrogen and oxygen atoms in total. The van der Waals surface area contributed by atoms with Crippen molar-refractivity contribution in [2.75, 3.05) is 45.0 Å². The number of benzene rings is 2. The number of aromatic nitrogens is 3. The van der Waals surface area contributed by atoms with E-state index in [9.17, 15) is 27.6 Å². The van der Waals surface area contributed by atoms with Crippen molar-refractivity contribution >= 4 is 51.2 Å². The van der Waals surface area contributed by atoms with Crippen molar-refractivity contribution in [3.8, 4) is 0 Å². The summed E-state index contributed by atoms with van der Waals surface area (Å²) in [5.74, 6) is 0.777. The van der Waals surface area contributed by atoms with Gasteiger partial charge in [-0.05, 0) is 87.2 Å². The van der Waals surface area contributed by atoms with Gasteiger partial charge in [-0.15, -0.1) is 0 Å². The second kappa shape index (κ2) is 14.4. The topological polar surface area (TPSA) is 141 Å². The number of piperidine rings is 3. The number of amides is 3. The molecule has 1 atom stereocenters. The molecule has 5 heterocycles. The number of fused-ring (bicyclic) bond motifs is 3. The standard InChI is InChI=1S/C36H42ClF3N8O3/c37-27-18-21(17-26(31(27)41)36(38,39)40)19-29(33(49)46-13-7-23(8-14-46)22-5-11-42-12-6-22)44-34(50)47-15-9-24(10-16-47)48-30-20-43-28-4-2-1-3-25(28)32(30)45-35(48)51/h1-4,17-18,20,22-24,29,42H,5-16,19,41H2,(H,44,50)(H,45,51)/t29-/m1/s1. The molecule has 272 valence electrons. The number of carbonyl (C=O) groups is 2. The average molecular weight is 727 g/mol. The number of nitrogens with zero attached hydrogens (tertiary/aromatic N) is 4. The van der Waals surface area contributed by atoms with Gasteiger partial charge in [0.25, 0.3) is 0 Å². The number of likely N-dealkylation sites (tertiary alicyclic amines) is 2. The molecule has 3 amide bonds. The summed E-state index contributed by atoms with van der Waals surface area (Å²) in [6.45, 7) is 3.64. The third kappa shape index (κ3) is 7.25. The SMILES string of the molecule is Nc1c(Cl)cc(C[C@@H](NC(=O)N2CCC(n3c(=O)[nH]c4c5ccccc5ncc43)CC2)C(=O)N2CCC(C3CCNCC3)CC2)cc1C(F)(F)F. The molecule has 2 aromatic heterocycles. The molecule has 0 bridgehead atoms. The van der Waals surface area contributed by atoms with Crippen molar-refractivity contribution in [1.29, 1.82) is 0 Å². The van der Waals surface area contributed by atoms with Crippen LogP contribution in [0.3, 0.4) is 0 Å². The Morgan fingerprint density at radius 3 is 2.35 bits per heavy atom. The lowest BCUT2D eigenvalue weighted by molar-refractivity contribution is -0.137. The maximum Gasteiger partial charge on any atom is 0.418 e. The molecule has 0 aliphatic carbocycles. The smallest absolute Gasteiger partial charge is 0.397 e. The Labute approximate surface area is 297 Å². The van der Waals surface area contributed by atoms with Gasteiger partial charge >= 0.3 is 17.9 Å². The number of anilines is 1. The highest BCUT2D eigenvalue weighted by molar-refractivity contribution is 6.33. The van der Waals surface area contributed by atoms with E-state index >= 15 is 0 Å². The van der Waals surface area contributed by atoms with Gasteiger partial charge in [0, 0.05) is 44.0 Å². The first-order valence-corrected chi connectivity index (χ1v) is 18.0. The van der Waals surface area contributed by atoms with Crippen LogP contribution in [-0.2, 0) is 17.4 Å². The molecule has 15 heteroatoms. The van der Waals surface area contributed by atoms with E-state index in [1.165, 1.54) is 6.07 Å². The van der Waals surface area contributed by atoms with Gasteiger partial charge in [0.15, 0.2) is 0 Å². The summed E-state index contributed by atoms with van der Waals surface area (Å²) in [7, 11) is 0. The van der Waals surface area contributed by atoms with E-state index in [4.69, 9.17) is 17.3 Å². The highest BCUT2D eigenvalue weighted by Gasteiger charge is 2.37. The fourth-order valence-corrected chi connectivity index (χ4v) is 8.48.